The van der Waals surface area contributed by atoms with Crippen molar-refractivity contribution in [2.24, 2.45) is 0 Å². The lowest BCUT2D eigenvalue weighted by Gasteiger charge is -2.11. The normalized spacial score (nSPS) is 10.9. The third-order valence-electron chi connectivity index (χ3n) is 5.24. The van der Waals surface area contributed by atoms with Gasteiger partial charge >= 0.3 is 0 Å². The van der Waals surface area contributed by atoms with Crippen LogP contribution in [0.3, 0.4) is 0 Å². The summed E-state index contributed by atoms with van der Waals surface area (Å²) in [4.78, 5) is 17.0. The van der Waals surface area contributed by atoms with Crippen LogP contribution in [0.25, 0.3) is 27.8 Å². The lowest BCUT2D eigenvalue weighted by molar-refractivity contribution is -0.113. The van der Waals surface area contributed by atoms with Crippen LogP contribution in [0.15, 0.2) is 96.4 Å². The zero-order valence-electron chi connectivity index (χ0n) is 18.0. The van der Waals surface area contributed by atoms with E-state index in [9.17, 15) is 4.79 Å². The molecule has 0 fully saturated rings. The minimum atomic E-state index is -0.0993. The first-order valence-corrected chi connectivity index (χ1v) is 11.5. The van der Waals surface area contributed by atoms with Gasteiger partial charge in [-0.1, -0.05) is 65.9 Å². The van der Waals surface area contributed by atoms with Crippen LogP contribution < -0.4 is 5.32 Å². The molecular weight excluding hydrogens is 430 g/mol. The molecule has 0 bridgehead atoms. The van der Waals surface area contributed by atoms with E-state index in [4.69, 9.17) is 0 Å². The fourth-order valence-corrected chi connectivity index (χ4v) is 4.37. The monoisotopic (exact) mass is 451 g/mol. The summed E-state index contributed by atoms with van der Waals surface area (Å²) < 4.78 is 1.96. The van der Waals surface area contributed by atoms with E-state index in [-0.39, 0.29) is 11.7 Å². The molecule has 1 amide bonds. The summed E-state index contributed by atoms with van der Waals surface area (Å²) >= 11 is 1.35. The Hall–Kier alpha value is -3.97. The molecular formula is C26H21N5OS. The molecule has 1 N–H and O–H groups in total. The first kappa shape index (κ1) is 20.9. The van der Waals surface area contributed by atoms with E-state index in [1.807, 2.05) is 90.4 Å². The number of aryl methyl sites for hydroxylation is 1. The van der Waals surface area contributed by atoms with Crippen LogP contribution >= 0.6 is 11.8 Å². The number of nitrogens with zero attached hydrogens (tertiary/aromatic N) is 4. The fraction of sp³-hybridized carbons (Fsp3) is 0.0769. The highest BCUT2D eigenvalue weighted by molar-refractivity contribution is 7.99. The minimum Gasteiger partial charge on any atom is -0.325 e. The van der Waals surface area contributed by atoms with E-state index in [1.54, 1.807) is 12.4 Å². The van der Waals surface area contributed by atoms with Crippen LogP contribution in [0.4, 0.5) is 5.69 Å². The van der Waals surface area contributed by atoms with Crippen molar-refractivity contribution in [2.45, 2.75) is 12.1 Å². The molecule has 162 valence electrons. The minimum absolute atomic E-state index is 0.0993. The summed E-state index contributed by atoms with van der Waals surface area (Å²) in [6, 6.07) is 25.8. The maximum atomic E-state index is 12.8. The van der Waals surface area contributed by atoms with Crippen molar-refractivity contribution in [3.63, 3.8) is 0 Å². The van der Waals surface area contributed by atoms with Crippen LogP contribution in [0.2, 0.25) is 0 Å². The molecule has 0 atom stereocenters. The molecule has 5 aromatic rings. The molecule has 33 heavy (non-hydrogen) atoms. The largest absolute Gasteiger partial charge is 0.325 e. The van der Waals surface area contributed by atoms with Crippen LogP contribution in [0.5, 0.6) is 0 Å². The van der Waals surface area contributed by atoms with Crippen molar-refractivity contribution in [1.82, 2.24) is 19.7 Å². The summed E-state index contributed by atoms with van der Waals surface area (Å²) in [5, 5.41) is 14.6. The lowest BCUT2D eigenvalue weighted by atomic mass is 10.1. The first-order valence-electron chi connectivity index (χ1n) is 10.5. The Morgan fingerprint density at radius 1 is 0.939 bits per heavy atom. The van der Waals surface area contributed by atoms with E-state index in [2.05, 4.69) is 20.5 Å². The van der Waals surface area contributed by atoms with Gasteiger partial charge in [0, 0.05) is 34.7 Å². The molecule has 0 radical (unpaired) electrons. The number of carbonyl (C=O) groups excluding carboxylic acids is 1. The highest BCUT2D eigenvalue weighted by Gasteiger charge is 2.17. The highest BCUT2D eigenvalue weighted by Crippen LogP contribution is 2.28. The van der Waals surface area contributed by atoms with Gasteiger partial charge in [-0.15, -0.1) is 10.2 Å². The van der Waals surface area contributed by atoms with Crippen molar-refractivity contribution in [3.8, 4) is 17.1 Å². The second kappa shape index (κ2) is 9.26. The maximum absolute atomic E-state index is 12.8. The molecule has 6 nitrogen and oxygen atoms in total. The molecule has 0 saturated heterocycles. The molecule has 5 rings (SSSR count). The highest BCUT2D eigenvalue weighted by atomic mass is 32.2. The Kier molecular flexibility index (Phi) is 5.87. The summed E-state index contributed by atoms with van der Waals surface area (Å²) in [5.74, 6) is 0.793. The fourth-order valence-electron chi connectivity index (χ4n) is 3.62. The Labute approximate surface area is 195 Å². The summed E-state index contributed by atoms with van der Waals surface area (Å²) in [6.07, 6.45) is 3.49. The van der Waals surface area contributed by atoms with E-state index >= 15 is 0 Å². The van der Waals surface area contributed by atoms with Gasteiger partial charge in [0.05, 0.1) is 5.75 Å². The third-order valence-corrected chi connectivity index (χ3v) is 6.17. The molecule has 0 spiro atoms. The van der Waals surface area contributed by atoms with Gasteiger partial charge in [0.2, 0.25) is 5.91 Å². The number of amides is 1. The maximum Gasteiger partial charge on any atom is 0.234 e. The zero-order chi connectivity index (χ0) is 22.6. The van der Waals surface area contributed by atoms with Gasteiger partial charge in [0.25, 0.3) is 0 Å². The summed E-state index contributed by atoms with van der Waals surface area (Å²) in [7, 11) is 0. The number of rotatable bonds is 6. The topological polar surface area (TPSA) is 72.7 Å². The second-order valence-corrected chi connectivity index (χ2v) is 8.52. The average molecular weight is 452 g/mol. The molecule has 0 aliphatic heterocycles. The Morgan fingerprint density at radius 3 is 2.58 bits per heavy atom. The van der Waals surface area contributed by atoms with Crippen molar-refractivity contribution < 1.29 is 4.79 Å². The number of fused-ring (bicyclic) bond motifs is 1. The van der Waals surface area contributed by atoms with Crippen LogP contribution in [-0.4, -0.2) is 31.4 Å². The Morgan fingerprint density at radius 2 is 1.76 bits per heavy atom. The van der Waals surface area contributed by atoms with Gasteiger partial charge in [-0.05, 0) is 42.6 Å². The average Bonchev–Trinajstić information content (AvgIpc) is 3.28. The Bertz CT molecular complexity index is 1410. The third kappa shape index (κ3) is 4.49. The summed E-state index contributed by atoms with van der Waals surface area (Å²) in [6.45, 7) is 2.05. The molecule has 2 heterocycles. The first-order chi connectivity index (χ1) is 16.2. The van der Waals surface area contributed by atoms with E-state index < -0.39 is 0 Å². The zero-order valence-corrected chi connectivity index (χ0v) is 18.8. The van der Waals surface area contributed by atoms with Crippen molar-refractivity contribution in [2.75, 3.05) is 11.1 Å². The molecule has 0 saturated carbocycles. The number of aromatic nitrogens is 4. The molecule has 0 aliphatic carbocycles. The second-order valence-electron chi connectivity index (χ2n) is 7.58. The van der Waals surface area contributed by atoms with Crippen LogP contribution in [0.1, 0.15) is 5.56 Å². The lowest BCUT2D eigenvalue weighted by Crippen LogP contribution is -2.14. The number of anilines is 1. The van der Waals surface area contributed by atoms with Crippen molar-refractivity contribution in [1.29, 1.82) is 0 Å². The molecule has 7 heteroatoms. The SMILES string of the molecule is Cc1ccc(-n2c(SCC(=O)Nc3cccc4ccccc34)nnc2-c2cccnc2)cc1. The van der Waals surface area contributed by atoms with Gasteiger partial charge < -0.3 is 5.32 Å². The van der Waals surface area contributed by atoms with Crippen LogP contribution in [-0.2, 0) is 4.79 Å². The Balaban J connectivity index is 1.41. The smallest absolute Gasteiger partial charge is 0.234 e. The van der Waals surface area contributed by atoms with Gasteiger partial charge in [0.15, 0.2) is 11.0 Å². The predicted molar refractivity (Wildman–Crippen MR) is 133 cm³/mol. The molecule has 3 aromatic carbocycles. The number of nitrogens with one attached hydrogen (secondary N) is 1. The van der Waals surface area contributed by atoms with Gasteiger partial charge in [-0.25, -0.2) is 0 Å². The number of hydrogen-bond donors (Lipinski definition) is 1. The van der Waals surface area contributed by atoms with Gasteiger partial charge in [-0.3, -0.25) is 14.3 Å². The van der Waals surface area contributed by atoms with E-state index in [0.29, 0.717) is 11.0 Å². The summed E-state index contributed by atoms with van der Waals surface area (Å²) in [5.41, 5.74) is 3.76. The molecule has 2 aromatic heterocycles. The number of benzene rings is 3. The molecule has 0 unspecified atom stereocenters. The number of pyridine rings is 1. The van der Waals surface area contributed by atoms with Gasteiger partial charge in [-0.2, -0.15) is 0 Å². The number of carbonyl (C=O) groups is 1. The standard InChI is InChI=1S/C26H21N5OS/c1-18-11-13-21(14-12-18)31-25(20-8-5-15-27-16-20)29-30-26(31)33-17-24(32)28-23-10-4-7-19-6-2-3-9-22(19)23/h2-16H,17H2,1H3,(H,28,32). The molecule has 0 aliphatic rings. The van der Waals surface area contributed by atoms with Crippen LogP contribution in [0, 0.1) is 6.92 Å². The van der Waals surface area contributed by atoms with E-state index in [0.717, 1.165) is 27.7 Å². The van der Waals surface area contributed by atoms with E-state index in [1.165, 1.54) is 17.3 Å². The van der Waals surface area contributed by atoms with Crippen molar-refractivity contribution >= 4 is 34.1 Å². The van der Waals surface area contributed by atoms with Crippen molar-refractivity contribution in [3.05, 3.63) is 96.8 Å². The number of thioether (sulfide) groups is 1. The predicted octanol–water partition coefficient (Wildman–Crippen LogP) is 5.52. The number of hydrogen-bond acceptors (Lipinski definition) is 5. The quantitative estimate of drug-likeness (QED) is 0.344. The van der Waals surface area contributed by atoms with Gasteiger partial charge in [0.1, 0.15) is 0 Å².